The first kappa shape index (κ1) is 22.2. The van der Waals surface area contributed by atoms with Gasteiger partial charge in [-0.1, -0.05) is 62.4 Å². The Bertz CT molecular complexity index is 1180. The average molecular weight is 421 g/mol. The van der Waals surface area contributed by atoms with Crippen LogP contribution in [-0.4, -0.2) is 51.4 Å². The van der Waals surface area contributed by atoms with Gasteiger partial charge in [0.2, 0.25) is 5.88 Å². The molecule has 7 nitrogen and oxygen atoms in total. The van der Waals surface area contributed by atoms with Crippen LogP contribution in [0.15, 0.2) is 69.2 Å². The number of hydrogen-bond donors (Lipinski definition) is 2. The molecule has 0 aliphatic rings. The zero-order valence-corrected chi connectivity index (χ0v) is 18.1. The van der Waals surface area contributed by atoms with E-state index in [-0.39, 0.29) is 5.56 Å². The van der Waals surface area contributed by atoms with Crippen LogP contribution in [0.3, 0.4) is 0 Å². The number of nitrogens with one attached hydrogen (secondary N) is 1. The van der Waals surface area contributed by atoms with Crippen molar-refractivity contribution in [3.63, 3.8) is 0 Å². The molecule has 0 fully saturated rings. The minimum absolute atomic E-state index is 0.0198. The lowest BCUT2D eigenvalue weighted by molar-refractivity contribution is 0.313. The van der Waals surface area contributed by atoms with Crippen LogP contribution in [-0.2, 0) is 0 Å². The van der Waals surface area contributed by atoms with E-state index in [4.69, 9.17) is 0 Å². The van der Waals surface area contributed by atoms with Crippen LogP contribution in [0, 0.1) is 6.92 Å². The third-order valence-electron chi connectivity index (χ3n) is 5.31. The van der Waals surface area contributed by atoms with E-state index < -0.39 is 17.1 Å². The normalized spacial score (nSPS) is 11.8. The fourth-order valence-corrected chi connectivity index (χ4v) is 3.53. The summed E-state index contributed by atoms with van der Waals surface area (Å²) in [7, 11) is 0. The second-order valence-electron chi connectivity index (χ2n) is 7.20. The van der Waals surface area contributed by atoms with Gasteiger partial charge < -0.3 is 10.0 Å². The number of likely N-dealkylation sites (N-methyl/N-ethyl adjacent to an activating group) is 1. The zero-order valence-electron chi connectivity index (χ0n) is 18.1. The Hall–Kier alpha value is -3.45. The molecule has 7 heteroatoms. The van der Waals surface area contributed by atoms with Gasteiger partial charge in [-0.2, -0.15) is 0 Å². The standard InChI is InChI=1S/C24H28N4O3/c1-4-27(5-2)16-15-25-21(18-12-7-6-8-13-18)20-22(29)26-24(31)28(23(20)30)19-14-10-9-11-17(19)3/h6-14,30H,4-5,15-16H2,1-3H3,(H,26,29,31). The molecule has 2 aromatic carbocycles. The molecule has 0 aliphatic heterocycles. The zero-order chi connectivity index (χ0) is 22.4. The number of nitrogens with zero attached hydrogens (tertiary/aromatic N) is 3. The largest absolute Gasteiger partial charge is 0.493 e. The monoisotopic (exact) mass is 420 g/mol. The molecule has 0 saturated heterocycles. The van der Waals surface area contributed by atoms with Crippen LogP contribution >= 0.6 is 0 Å². The van der Waals surface area contributed by atoms with Crippen LogP contribution in [0.25, 0.3) is 5.69 Å². The number of aryl methyl sites for hydroxylation is 1. The van der Waals surface area contributed by atoms with Gasteiger partial charge >= 0.3 is 5.69 Å². The van der Waals surface area contributed by atoms with Gasteiger partial charge in [0, 0.05) is 12.1 Å². The molecule has 3 rings (SSSR count). The molecule has 0 saturated carbocycles. The summed E-state index contributed by atoms with van der Waals surface area (Å²) < 4.78 is 1.12. The van der Waals surface area contributed by atoms with Gasteiger partial charge in [0.15, 0.2) is 0 Å². The minimum atomic E-state index is -0.698. The van der Waals surface area contributed by atoms with Crippen LogP contribution in [0.1, 0.15) is 30.5 Å². The summed E-state index contributed by atoms with van der Waals surface area (Å²) in [5, 5.41) is 11.1. The van der Waals surface area contributed by atoms with Crippen LogP contribution in [0.5, 0.6) is 5.88 Å². The highest BCUT2D eigenvalue weighted by atomic mass is 16.3. The number of H-pyrrole nitrogens is 1. The van der Waals surface area contributed by atoms with Crippen LogP contribution in [0.2, 0.25) is 0 Å². The number of rotatable bonds is 8. The summed E-state index contributed by atoms with van der Waals surface area (Å²) in [6.07, 6.45) is 0. The molecule has 3 aromatic rings. The molecule has 0 atom stereocenters. The molecule has 1 aromatic heterocycles. The first-order valence-corrected chi connectivity index (χ1v) is 10.4. The average Bonchev–Trinajstić information content (AvgIpc) is 2.77. The van der Waals surface area contributed by atoms with E-state index in [1.807, 2.05) is 49.4 Å². The number of aliphatic imine (C=N–C) groups is 1. The van der Waals surface area contributed by atoms with Crippen molar-refractivity contribution in [2.24, 2.45) is 4.99 Å². The summed E-state index contributed by atoms with van der Waals surface area (Å²) in [6, 6.07) is 16.4. The number of aromatic hydroxyl groups is 1. The lowest BCUT2D eigenvalue weighted by Crippen LogP contribution is -2.34. The van der Waals surface area contributed by atoms with Gasteiger partial charge in [-0.15, -0.1) is 0 Å². The van der Waals surface area contributed by atoms with E-state index in [0.717, 1.165) is 29.8 Å². The highest BCUT2D eigenvalue weighted by Crippen LogP contribution is 2.22. The maximum atomic E-state index is 12.8. The van der Waals surface area contributed by atoms with Gasteiger partial charge in [0.1, 0.15) is 5.56 Å². The van der Waals surface area contributed by atoms with E-state index in [1.54, 1.807) is 12.1 Å². The first-order valence-electron chi connectivity index (χ1n) is 10.4. The summed E-state index contributed by atoms with van der Waals surface area (Å²) >= 11 is 0. The van der Waals surface area contributed by atoms with Gasteiger partial charge in [-0.3, -0.25) is 14.8 Å². The Morgan fingerprint density at radius 2 is 1.68 bits per heavy atom. The molecule has 2 N–H and O–H groups in total. The smallest absolute Gasteiger partial charge is 0.335 e. The summed E-state index contributed by atoms with van der Waals surface area (Å²) in [6.45, 7) is 8.98. The van der Waals surface area contributed by atoms with Crippen molar-refractivity contribution in [3.05, 3.63) is 92.1 Å². The summed E-state index contributed by atoms with van der Waals surface area (Å²) in [5.74, 6) is -0.423. The molecule has 0 amide bonds. The Morgan fingerprint density at radius 1 is 1.03 bits per heavy atom. The van der Waals surface area contributed by atoms with Crippen molar-refractivity contribution < 1.29 is 5.11 Å². The van der Waals surface area contributed by atoms with Gasteiger partial charge in [0.25, 0.3) is 5.56 Å². The molecule has 162 valence electrons. The Morgan fingerprint density at radius 3 is 2.32 bits per heavy atom. The summed E-state index contributed by atoms with van der Waals surface area (Å²) in [5.41, 5.74) is 0.949. The van der Waals surface area contributed by atoms with Crippen molar-refractivity contribution in [2.75, 3.05) is 26.2 Å². The lowest BCUT2D eigenvalue weighted by Gasteiger charge is -2.17. The van der Waals surface area contributed by atoms with Gasteiger partial charge in [0.05, 0.1) is 17.9 Å². The Kier molecular flexibility index (Phi) is 7.20. The third-order valence-corrected chi connectivity index (χ3v) is 5.31. The number of benzene rings is 2. The molecule has 1 heterocycles. The topological polar surface area (TPSA) is 90.7 Å². The molecule has 0 bridgehead atoms. The van der Waals surface area contributed by atoms with E-state index in [9.17, 15) is 14.7 Å². The number of hydrogen-bond acceptors (Lipinski definition) is 5. The van der Waals surface area contributed by atoms with Crippen molar-refractivity contribution in [1.29, 1.82) is 0 Å². The molecule has 0 aliphatic carbocycles. The fourth-order valence-electron chi connectivity index (χ4n) is 3.53. The van der Waals surface area contributed by atoms with Crippen molar-refractivity contribution in [3.8, 4) is 11.6 Å². The second-order valence-corrected chi connectivity index (χ2v) is 7.20. The van der Waals surface area contributed by atoms with Crippen molar-refractivity contribution in [1.82, 2.24) is 14.5 Å². The predicted octanol–water partition coefficient (Wildman–Crippen LogP) is 2.72. The fraction of sp³-hybridized carbons (Fsp3) is 0.292. The predicted molar refractivity (Wildman–Crippen MR) is 124 cm³/mol. The molecule has 0 spiro atoms. The minimum Gasteiger partial charge on any atom is -0.493 e. The van der Waals surface area contributed by atoms with Crippen molar-refractivity contribution >= 4 is 5.71 Å². The van der Waals surface area contributed by atoms with Crippen molar-refractivity contribution in [2.45, 2.75) is 20.8 Å². The van der Waals surface area contributed by atoms with E-state index >= 15 is 0 Å². The Balaban J connectivity index is 2.20. The summed E-state index contributed by atoms with van der Waals surface area (Å²) in [4.78, 5) is 34.7. The maximum absolute atomic E-state index is 12.8. The number of aromatic amines is 1. The van der Waals surface area contributed by atoms with E-state index in [2.05, 4.69) is 28.7 Å². The number of para-hydroxylation sites is 1. The first-order chi connectivity index (χ1) is 15.0. The highest BCUT2D eigenvalue weighted by molar-refractivity contribution is 6.14. The van der Waals surface area contributed by atoms with E-state index in [1.165, 1.54) is 0 Å². The second kappa shape index (κ2) is 10.0. The molecule has 0 radical (unpaired) electrons. The van der Waals surface area contributed by atoms with Crippen LogP contribution in [0.4, 0.5) is 0 Å². The molecule has 0 unspecified atom stereocenters. The third kappa shape index (κ3) is 4.83. The maximum Gasteiger partial charge on any atom is 0.335 e. The Labute approximate surface area is 181 Å². The van der Waals surface area contributed by atoms with Crippen LogP contribution < -0.4 is 11.2 Å². The quantitative estimate of drug-likeness (QED) is 0.548. The van der Waals surface area contributed by atoms with Gasteiger partial charge in [-0.25, -0.2) is 9.36 Å². The van der Waals surface area contributed by atoms with Gasteiger partial charge in [-0.05, 0) is 31.6 Å². The highest BCUT2D eigenvalue weighted by Gasteiger charge is 2.22. The lowest BCUT2D eigenvalue weighted by atomic mass is 10.0. The number of aromatic nitrogens is 2. The molecular formula is C24H28N4O3. The molecular weight excluding hydrogens is 392 g/mol. The molecule has 31 heavy (non-hydrogen) atoms. The SMILES string of the molecule is CCN(CC)CCN=C(c1ccccc1)c1c(O)n(-c2ccccc2C)c(=O)[nH]c1=O. The van der Waals surface area contributed by atoms with E-state index in [0.29, 0.717) is 23.5 Å².